The molecule has 2 rings (SSSR count). The lowest BCUT2D eigenvalue weighted by atomic mass is 9.67. The lowest BCUT2D eigenvalue weighted by molar-refractivity contribution is -0.136. The van der Waals surface area contributed by atoms with Crippen molar-refractivity contribution in [3.8, 4) is 6.07 Å². The minimum absolute atomic E-state index is 0.230. The standard InChI is InChI=1S/C15H24N2O/c1-17(10-4-9-16)15(18)14-8-7-12-5-2-3-6-13(12)11-14/h12-14H,2-8,10-11H2,1H3. The summed E-state index contributed by atoms with van der Waals surface area (Å²) in [6.07, 6.45) is 9.31. The lowest BCUT2D eigenvalue weighted by Gasteiger charge is -2.39. The van der Waals surface area contributed by atoms with Crippen LogP contribution in [-0.2, 0) is 4.79 Å². The molecule has 2 saturated carbocycles. The van der Waals surface area contributed by atoms with Gasteiger partial charge in [-0.05, 0) is 31.1 Å². The van der Waals surface area contributed by atoms with E-state index in [-0.39, 0.29) is 11.8 Å². The van der Waals surface area contributed by atoms with Gasteiger partial charge in [0.15, 0.2) is 0 Å². The van der Waals surface area contributed by atoms with Gasteiger partial charge in [0.1, 0.15) is 0 Å². The summed E-state index contributed by atoms with van der Waals surface area (Å²) in [5.74, 6) is 2.19. The van der Waals surface area contributed by atoms with Gasteiger partial charge in [-0.15, -0.1) is 0 Å². The highest BCUT2D eigenvalue weighted by atomic mass is 16.2. The van der Waals surface area contributed by atoms with Crippen LogP contribution in [0.25, 0.3) is 0 Å². The summed E-state index contributed by atoms with van der Waals surface area (Å²) in [5.41, 5.74) is 0. The van der Waals surface area contributed by atoms with E-state index in [0.717, 1.165) is 24.7 Å². The Hall–Kier alpha value is -1.04. The molecule has 3 unspecified atom stereocenters. The average Bonchev–Trinajstić information content (AvgIpc) is 2.43. The van der Waals surface area contributed by atoms with Crippen molar-refractivity contribution >= 4 is 5.91 Å². The molecule has 1 amide bonds. The quantitative estimate of drug-likeness (QED) is 0.770. The number of amides is 1. The number of carbonyl (C=O) groups is 1. The summed E-state index contributed by atoms with van der Waals surface area (Å²) in [4.78, 5) is 14.1. The predicted octanol–water partition coefficient (Wildman–Crippen LogP) is 2.96. The molecule has 0 bridgehead atoms. The van der Waals surface area contributed by atoms with Gasteiger partial charge in [-0.2, -0.15) is 5.26 Å². The van der Waals surface area contributed by atoms with Crippen LogP contribution in [0, 0.1) is 29.1 Å². The molecule has 3 heteroatoms. The van der Waals surface area contributed by atoms with Crippen molar-refractivity contribution in [3.05, 3.63) is 0 Å². The van der Waals surface area contributed by atoms with Crippen molar-refractivity contribution < 1.29 is 4.79 Å². The Balaban J connectivity index is 1.86. The summed E-state index contributed by atoms with van der Waals surface area (Å²) in [7, 11) is 1.84. The normalized spacial score (nSPS) is 31.2. The fraction of sp³-hybridized carbons (Fsp3) is 0.867. The Morgan fingerprint density at radius 2 is 1.94 bits per heavy atom. The monoisotopic (exact) mass is 248 g/mol. The molecule has 3 nitrogen and oxygen atoms in total. The topological polar surface area (TPSA) is 44.1 Å². The molecule has 2 aliphatic rings. The first-order chi connectivity index (χ1) is 8.72. The zero-order valence-corrected chi connectivity index (χ0v) is 11.4. The molecule has 2 aliphatic carbocycles. The van der Waals surface area contributed by atoms with E-state index in [1.54, 1.807) is 4.90 Å². The molecule has 100 valence electrons. The van der Waals surface area contributed by atoms with E-state index in [1.165, 1.54) is 32.1 Å². The summed E-state index contributed by atoms with van der Waals surface area (Å²) in [5, 5.41) is 8.57. The first-order valence-electron chi connectivity index (χ1n) is 7.34. The maximum atomic E-state index is 12.3. The Bertz CT molecular complexity index is 334. The fourth-order valence-corrected chi connectivity index (χ4v) is 3.74. The maximum Gasteiger partial charge on any atom is 0.225 e. The van der Waals surface area contributed by atoms with Crippen molar-refractivity contribution in [2.75, 3.05) is 13.6 Å². The summed E-state index contributed by atoms with van der Waals surface area (Å²) in [6.45, 7) is 0.583. The van der Waals surface area contributed by atoms with E-state index in [0.29, 0.717) is 13.0 Å². The van der Waals surface area contributed by atoms with Gasteiger partial charge in [-0.3, -0.25) is 4.79 Å². The summed E-state index contributed by atoms with van der Waals surface area (Å²) >= 11 is 0. The third-order valence-electron chi connectivity index (χ3n) is 4.82. The Morgan fingerprint density at radius 3 is 2.67 bits per heavy atom. The van der Waals surface area contributed by atoms with Crippen LogP contribution in [0.4, 0.5) is 0 Å². The van der Waals surface area contributed by atoms with Crippen LogP contribution in [0.3, 0.4) is 0 Å². The van der Waals surface area contributed by atoms with Gasteiger partial charge in [0, 0.05) is 19.5 Å². The van der Waals surface area contributed by atoms with E-state index >= 15 is 0 Å². The van der Waals surface area contributed by atoms with E-state index in [1.807, 2.05) is 7.05 Å². The summed E-state index contributed by atoms with van der Waals surface area (Å²) in [6, 6.07) is 2.11. The fourth-order valence-electron chi connectivity index (χ4n) is 3.74. The van der Waals surface area contributed by atoms with Gasteiger partial charge < -0.3 is 4.90 Å². The first-order valence-corrected chi connectivity index (χ1v) is 7.34. The number of hydrogen-bond donors (Lipinski definition) is 0. The van der Waals surface area contributed by atoms with Crippen LogP contribution in [-0.4, -0.2) is 24.4 Å². The van der Waals surface area contributed by atoms with Gasteiger partial charge in [0.2, 0.25) is 5.91 Å². The van der Waals surface area contributed by atoms with Crippen LogP contribution < -0.4 is 0 Å². The number of rotatable bonds is 3. The minimum atomic E-state index is 0.230. The molecule has 0 aromatic heterocycles. The molecular formula is C15H24N2O. The van der Waals surface area contributed by atoms with E-state index in [2.05, 4.69) is 6.07 Å². The van der Waals surface area contributed by atoms with Crippen LogP contribution in [0.1, 0.15) is 51.4 Å². The molecule has 0 aromatic carbocycles. The van der Waals surface area contributed by atoms with Gasteiger partial charge in [-0.25, -0.2) is 0 Å². The number of nitrogens with zero attached hydrogens (tertiary/aromatic N) is 2. The second-order valence-corrected chi connectivity index (χ2v) is 5.98. The van der Waals surface area contributed by atoms with Gasteiger partial charge in [-0.1, -0.05) is 25.7 Å². The smallest absolute Gasteiger partial charge is 0.225 e. The molecule has 0 N–H and O–H groups in total. The maximum absolute atomic E-state index is 12.3. The Kier molecular flexibility index (Phi) is 4.63. The van der Waals surface area contributed by atoms with Crippen LogP contribution >= 0.6 is 0 Å². The number of nitriles is 1. The Labute approximate surface area is 110 Å². The molecule has 0 heterocycles. The first kappa shape index (κ1) is 13.4. The third kappa shape index (κ3) is 3.04. The SMILES string of the molecule is CN(CCC#N)C(=O)C1CCC2CCCCC2C1. The second kappa shape index (κ2) is 6.22. The van der Waals surface area contributed by atoms with Crippen molar-refractivity contribution in [2.45, 2.75) is 51.4 Å². The van der Waals surface area contributed by atoms with Crippen LogP contribution in [0.15, 0.2) is 0 Å². The average molecular weight is 248 g/mol. The minimum Gasteiger partial charge on any atom is -0.344 e. The highest BCUT2D eigenvalue weighted by Gasteiger charge is 2.35. The molecule has 3 atom stereocenters. The summed E-state index contributed by atoms with van der Waals surface area (Å²) < 4.78 is 0. The van der Waals surface area contributed by atoms with Gasteiger partial charge in [0.05, 0.1) is 12.5 Å². The molecule has 2 fully saturated rings. The molecule has 0 radical (unpaired) electrons. The molecule has 0 saturated heterocycles. The van der Waals surface area contributed by atoms with E-state index in [9.17, 15) is 4.79 Å². The Morgan fingerprint density at radius 1 is 1.22 bits per heavy atom. The van der Waals surface area contributed by atoms with Crippen molar-refractivity contribution in [1.82, 2.24) is 4.90 Å². The zero-order valence-electron chi connectivity index (χ0n) is 11.4. The third-order valence-corrected chi connectivity index (χ3v) is 4.82. The van der Waals surface area contributed by atoms with Crippen molar-refractivity contribution in [3.63, 3.8) is 0 Å². The van der Waals surface area contributed by atoms with Crippen molar-refractivity contribution in [1.29, 1.82) is 5.26 Å². The lowest BCUT2D eigenvalue weighted by Crippen LogP contribution is -2.38. The molecule has 0 aliphatic heterocycles. The van der Waals surface area contributed by atoms with Gasteiger partial charge in [0.25, 0.3) is 0 Å². The molecule has 18 heavy (non-hydrogen) atoms. The largest absolute Gasteiger partial charge is 0.344 e. The van der Waals surface area contributed by atoms with Gasteiger partial charge >= 0.3 is 0 Å². The molecular weight excluding hydrogens is 224 g/mol. The number of fused-ring (bicyclic) bond motifs is 1. The molecule has 0 spiro atoms. The number of carbonyl (C=O) groups excluding carboxylic acids is 1. The highest BCUT2D eigenvalue weighted by Crippen LogP contribution is 2.43. The molecule has 0 aromatic rings. The van der Waals surface area contributed by atoms with Crippen LogP contribution in [0.5, 0.6) is 0 Å². The van der Waals surface area contributed by atoms with E-state index in [4.69, 9.17) is 5.26 Å². The zero-order chi connectivity index (χ0) is 13.0. The van der Waals surface area contributed by atoms with Crippen molar-refractivity contribution in [2.24, 2.45) is 17.8 Å². The van der Waals surface area contributed by atoms with E-state index < -0.39 is 0 Å². The predicted molar refractivity (Wildman–Crippen MR) is 70.7 cm³/mol. The second-order valence-electron chi connectivity index (χ2n) is 5.98. The van der Waals surface area contributed by atoms with Crippen LogP contribution in [0.2, 0.25) is 0 Å². The number of hydrogen-bond acceptors (Lipinski definition) is 2. The highest BCUT2D eigenvalue weighted by molar-refractivity contribution is 5.78.